The van der Waals surface area contributed by atoms with Crippen LogP contribution in [0.3, 0.4) is 0 Å². The average Bonchev–Trinajstić information content (AvgIpc) is 2.97. The molecule has 3 N–H and O–H groups in total. The van der Waals surface area contributed by atoms with Crippen LogP contribution in [0.4, 0.5) is 4.79 Å². The highest BCUT2D eigenvalue weighted by atomic mass is 16.6. The summed E-state index contributed by atoms with van der Waals surface area (Å²) in [5.41, 5.74) is 2.70. The minimum absolute atomic E-state index is 0.112. The van der Waals surface area contributed by atoms with E-state index in [4.69, 9.17) is 4.74 Å². The number of unbranched alkanes of at least 4 members (excludes halogenated alkanes) is 7. The molecule has 3 amide bonds. The average molecular weight is 624 g/mol. The number of nitrogens with zero attached hydrogens (tertiary/aromatic N) is 1. The van der Waals surface area contributed by atoms with Crippen molar-refractivity contribution in [1.82, 2.24) is 15.5 Å². The normalized spacial score (nSPS) is 12.7. The quantitative estimate of drug-likeness (QED) is 0.148. The molecule has 2 atom stereocenters. The van der Waals surface area contributed by atoms with Crippen molar-refractivity contribution in [2.75, 3.05) is 13.1 Å². The van der Waals surface area contributed by atoms with Crippen LogP contribution in [0.1, 0.15) is 121 Å². The fourth-order valence-electron chi connectivity index (χ4n) is 5.34. The standard InChI is InChI=1S/C37H57N3O5/c1-8-10-12-13-14-16-24-40(33(34(42)38-23-15-11-9-2)31-25-27(3)17-18-28(31)4)35(43)32(39-36(44)45-37(5,6)7)26-29-19-21-30(41)22-20-29/h17-22,25,32-33,41H,8-16,23-24,26H2,1-7H3,(H,38,42)(H,39,44). The summed E-state index contributed by atoms with van der Waals surface area (Å²) in [7, 11) is 0. The van der Waals surface area contributed by atoms with Gasteiger partial charge in [0.2, 0.25) is 11.8 Å². The Morgan fingerprint density at radius 2 is 1.49 bits per heavy atom. The van der Waals surface area contributed by atoms with E-state index in [0.717, 1.165) is 73.6 Å². The second kappa shape index (κ2) is 19.1. The lowest BCUT2D eigenvalue weighted by molar-refractivity contribution is -0.142. The topological polar surface area (TPSA) is 108 Å². The number of carbonyl (C=O) groups is 3. The molecule has 0 aromatic heterocycles. The molecule has 0 heterocycles. The van der Waals surface area contributed by atoms with E-state index in [1.807, 2.05) is 32.0 Å². The number of nitrogens with one attached hydrogen (secondary N) is 2. The zero-order valence-electron chi connectivity index (χ0n) is 28.7. The summed E-state index contributed by atoms with van der Waals surface area (Å²) in [5, 5.41) is 15.8. The van der Waals surface area contributed by atoms with Crippen LogP contribution in [0.2, 0.25) is 0 Å². The fourth-order valence-corrected chi connectivity index (χ4v) is 5.34. The predicted molar refractivity (Wildman–Crippen MR) is 181 cm³/mol. The van der Waals surface area contributed by atoms with E-state index >= 15 is 0 Å². The second-order valence-corrected chi connectivity index (χ2v) is 13.1. The minimum Gasteiger partial charge on any atom is -0.508 e. The van der Waals surface area contributed by atoms with Crippen LogP contribution in [0.25, 0.3) is 0 Å². The third-order valence-electron chi connectivity index (χ3n) is 7.77. The number of hydrogen-bond donors (Lipinski definition) is 3. The molecule has 45 heavy (non-hydrogen) atoms. The number of carbonyl (C=O) groups excluding carboxylic acids is 3. The Labute approximate surface area is 271 Å². The van der Waals surface area contributed by atoms with Gasteiger partial charge in [0.05, 0.1) is 0 Å². The van der Waals surface area contributed by atoms with E-state index in [9.17, 15) is 19.5 Å². The number of phenolic OH excluding ortho intramolecular Hbond substituents is 1. The van der Waals surface area contributed by atoms with E-state index in [1.54, 1.807) is 49.9 Å². The van der Waals surface area contributed by atoms with Gasteiger partial charge in [0, 0.05) is 19.5 Å². The Kier molecular flexibility index (Phi) is 16.0. The van der Waals surface area contributed by atoms with Crippen molar-refractivity contribution in [3.05, 3.63) is 64.7 Å². The molecule has 2 aromatic rings. The molecule has 8 nitrogen and oxygen atoms in total. The molecule has 8 heteroatoms. The number of aryl methyl sites for hydroxylation is 2. The van der Waals surface area contributed by atoms with Crippen LogP contribution in [0.15, 0.2) is 42.5 Å². The highest BCUT2D eigenvalue weighted by Gasteiger charge is 2.37. The summed E-state index contributed by atoms with van der Waals surface area (Å²) in [6.45, 7) is 14.5. The van der Waals surface area contributed by atoms with Crippen LogP contribution >= 0.6 is 0 Å². The molecule has 2 rings (SSSR count). The van der Waals surface area contributed by atoms with Gasteiger partial charge < -0.3 is 25.4 Å². The summed E-state index contributed by atoms with van der Waals surface area (Å²) in [6.07, 6.45) is 8.53. The van der Waals surface area contributed by atoms with Crippen LogP contribution in [0.5, 0.6) is 5.75 Å². The van der Waals surface area contributed by atoms with Crippen LogP contribution in [-0.2, 0) is 20.7 Å². The molecule has 0 spiro atoms. The number of benzene rings is 2. The third-order valence-corrected chi connectivity index (χ3v) is 7.77. The van der Waals surface area contributed by atoms with E-state index in [1.165, 1.54) is 6.42 Å². The maximum atomic E-state index is 14.7. The van der Waals surface area contributed by atoms with Gasteiger partial charge >= 0.3 is 6.09 Å². The number of phenols is 1. The number of aromatic hydroxyl groups is 1. The van der Waals surface area contributed by atoms with Crippen molar-refractivity contribution < 1.29 is 24.2 Å². The van der Waals surface area contributed by atoms with Gasteiger partial charge in [-0.3, -0.25) is 9.59 Å². The number of hydrogen-bond acceptors (Lipinski definition) is 5. The number of rotatable bonds is 18. The van der Waals surface area contributed by atoms with Gasteiger partial charge in [-0.25, -0.2) is 4.79 Å². The van der Waals surface area contributed by atoms with Gasteiger partial charge in [0.15, 0.2) is 0 Å². The van der Waals surface area contributed by atoms with E-state index in [-0.39, 0.29) is 24.0 Å². The summed E-state index contributed by atoms with van der Waals surface area (Å²) < 4.78 is 5.55. The van der Waals surface area contributed by atoms with Crippen molar-refractivity contribution in [1.29, 1.82) is 0 Å². The smallest absolute Gasteiger partial charge is 0.408 e. The molecular weight excluding hydrogens is 566 g/mol. The van der Waals surface area contributed by atoms with E-state index < -0.39 is 23.8 Å². The fraction of sp³-hybridized carbons (Fsp3) is 0.595. The molecule has 2 aromatic carbocycles. The Morgan fingerprint density at radius 1 is 0.867 bits per heavy atom. The lowest BCUT2D eigenvalue weighted by atomic mass is 9.95. The summed E-state index contributed by atoms with van der Waals surface area (Å²) >= 11 is 0. The summed E-state index contributed by atoms with van der Waals surface area (Å²) in [5.74, 6) is -0.460. The van der Waals surface area contributed by atoms with Crippen LogP contribution < -0.4 is 10.6 Å². The van der Waals surface area contributed by atoms with Crippen molar-refractivity contribution in [2.24, 2.45) is 0 Å². The Hall–Kier alpha value is -3.55. The predicted octanol–water partition coefficient (Wildman–Crippen LogP) is 7.68. The van der Waals surface area contributed by atoms with Crippen molar-refractivity contribution >= 4 is 17.9 Å². The molecule has 0 aliphatic rings. The van der Waals surface area contributed by atoms with Gasteiger partial charge in [-0.1, -0.05) is 94.7 Å². The van der Waals surface area contributed by atoms with E-state index in [2.05, 4.69) is 24.5 Å². The first-order chi connectivity index (χ1) is 21.4. The molecule has 0 aliphatic carbocycles. The molecule has 2 unspecified atom stereocenters. The summed E-state index contributed by atoms with van der Waals surface area (Å²) in [6, 6.07) is 10.7. The highest BCUT2D eigenvalue weighted by molar-refractivity contribution is 5.92. The molecule has 0 saturated carbocycles. The molecule has 0 fully saturated rings. The maximum absolute atomic E-state index is 14.7. The van der Waals surface area contributed by atoms with Crippen molar-refractivity contribution in [3.63, 3.8) is 0 Å². The number of alkyl carbamates (subject to hydrolysis) is 1. The first-order valence-electron chi connectivity index (χ1n) is 16.8. The van der Waals surface area contributed by atoms with Gasteiger partial charge in [-0.15, -0.1) is 0 Å². The number of amides is 3. The maximum Gasteiger partial charge on any atom is 0.408 e. The van der Waals surface area contributed by atoms with Crippen molar-refractivity contribution in [3.8, 4) is 5.75 Å². The van der Waals surface area contributed by atoms with Gasteiger partial charge in [-0.05, 0) is 76.3 Å². The second-order valence-electron chi connectivity index (χ2n) is 13.1. The SMILES string of the molecule is CCCCCCCCN(C(=O)C(Cc1ccc(O)cc1)NC(=O)OC(C)(C)C)C(C(=O)NCCCCC)c1cc(C)ccc1C. The lowest BCUT2D eigenvalue weighted by Gasteiger charge is -2.35. The van der Waals surface area contributed by atoms with Gasteiger partial charge in [0.25, 0.3) is 0 Å². The molecule has 0 radical (unpaired) electrons. The molecule has 0 bridgehead atoms. The molecular formula is C37H57N3O5. The Balaban J connectivity index is 2.56. The first kappa shape index (κ1) is 37.6. The van der Waals surface area contributed by atoms with Crippen LogP contribution in [-0.4, -0.2) is 52.6 Å². The third kappa shape index (κ3) is 13.5. The van der Waals surface area contributed by atoms with Crippen molar-refractivity contribution in [2.45, 2.75) is 130 Å². The monoisotopic (exact) mass is 623 g/mol. The molecule has 0 aliphatic heterocycles. The lowest BCUT2D eigenvalue weighted by Crippen LogP contribution is -2.54. The minimum atomic E-state index is -0.995. The zero-order chi connectivity index (χ0) is 33.4. The first-order valence-corrected chi connectivity index (χ1v) is 16.8. The molecule has 250 valence electrons. The zero-order valence-corrected chi connectivity index (χ0v) is 28.7. The Morgan fingerprint density at radius 3 is 2.13 bits per heavy atom. The van der Waals surface area contributed by atoms with E-state index in [0.29, 0.717) is 13.1 Å². The summed E-state index contributed by atoms with van der Waals surface area (Å²) in [4.78, 5) is 43.5. The van der Waals surface area contributed by atoms with Gasteiger partial charge in [-0.2, -0.15) is 0 Å². The largest absolute Gasteiger partial charge is 0.508 e. The van der Waals surface area contributed by atoms with Crippen LogP contribution in [0, 0.1) is 13.8 Å². The highest BCUT2D eigenvalue weighted by Crippen LogP contribution is 2.28. The molecule has 0 saturated heterocycles. The van der Waals surface area contributed by atoms with Gasteiger partial charge in [0.1, 0.15) is 23.4 Å². The number of ether oxygens (including phenoxy) is 1. The Bertz CT molecular complexity index is 1210.